The van der Waals surface area contributed by atoms with Gasteiger partial charge >= 0.3 is 0 Å². The molecule has 2 unspecified atom stereocenters. The second-order valence-corrected chi connectivity index (χ2v) is 5.12. The second kappa shape index (κ2) is 7.94. The summed E-state index contributed by atoms with van der Waals surface area (Å²) < 4.78 is 0. The van der Waals surface area contributed by atoms with Crippen LogP contribution in [0.3, 0.4) is 0 Å². The van der Waals surface area contributed by atoms with E-state index in [9.17, 15) is 9.90 Å². The summed E-state index contributed by atoms with van der Waals surface area (Å²) in [6, 6.07) is 7.26. The summed E-state index contributed by atoms with van der Waals surface area (Å²) in [6.45, 7) is 5.69. The molecule has 0 aliphatic heterocycles. The fourth-order valence-corrected chi connectivity index (χ4v) is 2.25. The van der Waals surface area contributed by atoms with Gasteiger partial charge < -0.3 is 10.0 Å². The molecular formula is C16H20ClNO2. The van der Waals surface area contributed by atoms with E-state index in [1.54, 1.807) is 24.8 Å². The van der Waals surface area contributed by atoms with Crippen molar-refractivity contribution >= 4 is 17.5 Å². The minimum absolute atomic E-state index is 0.184. The first kappa shape index (κ1) is 16.6. The molecule has 0 heterocycles. The normalized spacial score (nSPS) is 13.1. The lowest BCUT2D eigenvalue weighted by Gasteiger charge is -2.29. The Balaban J connectivity index is 2.99. The van der Waals surface area contributed by atoms with Crippen molar-refractivity contribution in [1.29, 1.82) is 0 Å². The molecule has 0 saturated heterocycles. The third kappa shape index (κ3) is 4.56. The van der Waals surface area contributed by atoms with Crippen LogP contribution in [-0.4, -0.2) is 28.6 Å². The van der Waals surface area contributed by atoms with Crippen LogP contribution in [0, 0.1) is 11.8 Å². The maximum atomic E-state index is 12.1. The van der Waals surface area contributed by atoms with Gasteiger partial charge in [0.2, 0.25) is 0 Å². The van der Waals surface area contributed by atoms with Gasteiger partial charge in [0.1, 0.15) is 0 Å². The van der Waals surface area contributed by atoms with Crippen molar-refractivity contribution < 1.29 is 9.90 Å². The molecule has 1 rings (SSSR count). The van der Waals surface area contributed by atoms with E-state index >= 15 is 0 Å². The molecule has 2 atom stereocenters. The summed E-state index contributed by atoms with van der Waals surface area (Å²) in [6.07, 6.45) is 0.0460. The number of carbonyl (C=O) groups excluding carboxylic acids is 1. The summed E-state index contributed by atoms with van der Waals surface area (Å²) in [5.41, 5.74) is 0.881. The van der Waals surface area contributed by atoms with Crippen LogP contribution in [0.5, 0.6) is 0 Å². The van der Waals surface area contributed by atoms with Gasteiger partial charge in [0.15, 0.2) is 0 Å². The van der Waals surface area contributed by atoms with Gasteiger partial charge in [-0.1, -0.05) is 35.7 Å². The van der Waals surface area contributed by atoms with Gasteiger partial charge in [0, 0.05) is 11.6 Å². The molecule has 0 aliphatic rings. The highest BCUT2D eigenvalue weighted by atomic mass is 35.5. The fourth-order valence-electron chi connectivity index (χ4n) is 1.96. The van der Waals surface area contributed by atoms with Crippen LogP contribution in [0.4, 0.5) is 0 Å². The van der Waals surface area contributed by atoms with Crippen molar-refractivity contribution in [3.8, 4) is 11.8 Å². The Morgan fingerprint density at radius 1 is 1.40 bits per heavy atom. The molecule has 1 aromatic rings. The van der Waals surface area contributed by atoms with Crippen LogP contribution in [0.25, 0.3) is 0 Å². The number of hydrogen-bond acceptors (Lipinski definition) is 2. The lowest BCUT2D eigenvalue weighted by molar-refractivity contribution is -0.127. The number of carbonyl (C=O) groups is 1. The summed E-state index contributed by atoms with van der Waals surface area (Å²) in [7, 11) is 0. The number of hydrogen-bond donors (Lipinski definition) is 1. The van der Waals surface area contributed by atoms with Crippen molar-refractivity contribution in [1.82, 2.24) is 4.90 Å². The molecule has 0 fully saturated rings. The molecule has 1 amide bonds. The molecule has 0 aliphatic carbocycles. The molecule has 4 heteroatoms. The average molecular weight is 294 g/mol. The molecule has 3 nitrogen and oxygen atoms in total. The van der Waals surface area contributed by atoms with E-state index in [2.05, 4.69) is 11.8 Å². The van der Waals surface area contributed by atoms with Crippen LogP contribution in [0.2, 0.25) is 5.02 Å². The van der Waals surface area contributed by atoms with Gasteiger partial charge in [-0.15, -0.1) is 0 Å². The SMILES string of the molecule is CC#CC(=O)N(CCC(C)O)C(C)c1ccccc1Cl. The van der Waals surface area contributed by atoms with Crippen LogP contribution in [0.15, 0.2) is 24.3 Å². The molecule has 1 aromatic carbocycles. The Morgan fingerprint density at radius 2 is 2.05 bits per heavy atom. The van der Waals surface area contributed by atoms with E-state index in [-0.39, 0.29) is 11.9 Å². The number of aliphatic hydroxyl groups is 1. The minimum Gasteiger partial charge on any atom is -0.393 e. The van der Waals surface area contributed by atoms with Gasteiger partial charge in [-0.3, -0.25) is 4.79 Å². The van der Waals surface area contributed by atoms with E-state index in [1.807, 2.05) is 25.1 Å². The number of halogens is 1. The van der Waals surface area contributed by atoms with Gasteiger partial charge in [-0.05, 0) is 44.7 Å². The van der Waals surface area contributed by atoms with Gasteiger partial charge in [0.05, 0.1) is 12.1 Å². The van der Waals surface area contributed by atoms with Crippen LogP contribution < -0.4 is 0 Å². The van der Waals surface area contributed by atoms with E-state index in [4.69, 9.17) is 11.6 Å². The third-order valence-electron chi connectivity index (χ3n) is 3.10. The first-order valence-corrected chi connectivity index (χ1v) is 7.01. The maximum absolute atomic E-state index is 12.1. The molecule has 0 radical (unpaired) electrons. The molecule has 0 aromatic heterocycles. The Bertz CT molecular complexity index is 517. The van der Waals surface area contributed by atoms with Crippen molar-refractivity contribution in [2.24, 2.45) is 0 Å². The lowest BCUT2D eigenvalue weighted by Crippen LogP contribution is -2.35. The Labute approximate surface area is 125 Å². The number of amides is 1. The van der Waals surface area contributed by atoms with Crippen LogP contribution in [-0.2, 0) is 4.79 Å². The van der Waals surface area contributed by atoms with Crippen molar-refractivity contribution in [2.75, 3.05) is 6.54 Å². The summed E-state index contributed by atoms with van der Waals surface area (Å²) >= 11 is 6.18. The largest absolute Gasteiger partial charge is 0.393 e. The number of nitrogens with zero attached hydrogens (tertiary/aromatic N) is 1. The zero-order valence-corrected chi connectivity index (χ0v) is 12.8. The topological polar surface area (TPSA) is 40.5 Å². The van der Waals surface area contributed by atoms with Crippen LogP contribution in [0.1, 0.15) is 38.8 Å². The highest BCUT2D eigenvalue weighted by Crippen LogP contribution is 2.27. The molecule has 0 spiro atoms. The highest BCUT2D eigenvalue weighted by Gasteiger charge is 2.22. The van der Waals surface area contributed by atoms with E-state index < -0.39 is 6.10 Å². The smallest absolute Gasteiger partial charge is 0.298 e. The van der Waals surface area contributed by atoms with Crippen molar-refractivity contribution in [3.63, 3.8) is 0 Å². The average Bonchev–Trinajstić information content (AvgIpc) is 2.39. The quantitative estimate of drug-likeness (QED) is 0.848. The standard InChI is InChI=1S/C16H20ClNO2/c1-4-7-16(20)18(11-10-12(2)19)13(3)14-8-5-6-9-15(14)17/h5-6,8-9,12-13,19H,10-11H2,1-3H3. The van der Waals surface area contributed by atoms with Gasteiger partial charge in [-0.25, -0.2) is 0 Å². The predicted octanol–water partition coefficient (Wildman–Crippen LogP) is 3.02. The zero-order valence-electron chi connectivity index (χ0n) is 12.1. The summed E-state index contributed by atoms with van der Waals surface area (Å²) in [5, 5.41) is 10.0. The maximum Gasteiger partial charge on any atom is 0.298 e. The predicted molar refractivity (Wildman–Crippen MR) is 81.3 cm³/mol. The number of aliphatic hydroxyl groups excluding tert-OH is 1. The van der Waals surface area contributed by atoms with Crippen LogP contribution >= 0.6 is 11.6 Å². The molecule has 1 N–H and O–H groups in total. The summed E-state index contributed by atoms with van der Waals surface area (Å²) in [5.74, 6) is 4.92. The monoisotopic (exact) mass is 293 g/mol. The van der Waals surface area contributed by atoms with Crippen molar-refractivity contribution in [3.05, 3.63) is 34.9 Å². The lowest BCUT2D eigenvalue weighted by atomic mass is 10.1. The van der Waals surface area contributed by atoms with Gasteiger partial charge in [-0.2, -0.15) is 0 Å². The van der Waals surface area contributed by atoms with Crippen molar-refractivity contribution in [2.45, 2.75) is 39.3 Å². The highest BCUT2D eigenvalue weighted by molar-refractivity contribution is 6.31. The molecule has 20 heavy (non-hydrogen) atoms. The fraction of sp³-hybridized carbons (Fsp3) is 0.438. The molecular weight excluding hydrogens is 274 g/mol. The van der Waals surface area contributed by atoms with E-state index in [1.165, 1.54) is 0 Å². The number of benzene rings is 1. The Morgan fingerprint density at radius 3 is 2.60 bits per heavy atom. The number of rotatable bonds is 5. The molecule has 0 bridgehead atoms. The first-order chi connectivity index (χ1) is 9.47. The minimum atomic E-state index is -0.460. The van der Waals surface area contributed by atoms with Gasteiger partial charge in [0.25, 0.3) is 5.91 Å². The third-order valence-corrected chi connectivity index (χ3v) is 3.45. The van der Waals surface area contributed by atoms with E-state index in [0.29, 0.717) is 18.0 Å². The zero-order chi connectivity index (χ0) is 15.1. The molecule has 0 saturated carbocycles. The van der Waals surface area contributed by atoms with E-state index in [0.717, 1.165) is 5.56 Å². The first-order valence-electron chi connectivity index (χ1n) is 6.63. The summed E-state index contributed by atoms with van der Waals surface area (Å²) in [4.78, 5) is 13.8. The Kier molecular flexibility index (Phi) is 6.57. The Hall–Kier alpha value is -1.50. The second-order valence-electron chi connectivity index (χ2n) is 4.71. The molecule has 108 valence electrons.